The highest BCUT2D eigenvalue weighted by Crippen LogP contribution is 2.31. The lowest BCUT2D eigenvalue weighted by molar-refractivity contribution is 0.249. The summed E-state index contributed by atoms with van der Waals surface area (Å²) in [6.07, 6.45) is 5.30. The molecule has 2 aromatic heterocycles. The number of anilines is 1. The van der Waals surface area contributed by atoms with Crippen LogP contribution < -0.4 is 10.6 Å². The van der Waals surface area contributed by atoms with Gasteiger partial charge in [0.25, 0.3) is 0 Å². The number of hydrogen-bond donors (Lipinski definition) is 2. The molecule has 0 aliphatic heterocycles. The van der Waals surface area contributed by atoms with E-state index in [9.17, 15) is 4.79 Å². The van der Waals surface area contributed by atoms with E-state index in [1.54, 1.807) is 16.7 Å². The first-order valence-corrected chi connectivity index (χ1v) is 10.3. The minimum absolute atomic E-state index is 0.154. The van der Waals surface area contributed by atoms with E-state index in [0.29, 0.717) is 10.8 Å². The third kappa shape index (κ3) is 3.74. The number of carbonyl (C=O) groups excluding carboxylic acids is 1. The number of nitrogens with zero attached hydrogens (tertiary/aromatic N) is 2. The molecule has 0 spiro atoms. The molecule has 1 atom stereocenters. The van der Waals surface area contributed by atoms with Crippen molar-refractivity contribution in [1.82, 2.24) is 15.3 Å². The fourth-order valence-electron chi connectivity index (χ4n) is 2.89. The molecule has 0 radical (unpaired) electrons. The third-order valence-corrected chi connectivity index (χ3v) is 5.94. The van der Waals surface area contributed by atoms with Gasteiger partial charge in [-0.15, -0.1) is 29.1 Å². The van der Waals surface area contributed by atoms with Crippen molar-refractivity contribution in [3.8, 4) is 23.5 Å². The zero-order chi connectivity index (χ0) is 19.5. The van der Waals surface area contributed by atoms with Gasteiger partial charge in [-0.3, -0.25) is 5.32 Å². The van der Waals surface area contributed by atoms with Gasteiger partial charge in [-0.2, -0.15) is 0 Å². The Morgan fingerprint density at radius 3 is 2.75 bits per heavy atom. The van der Waals surface area contributed by atoms with Crippen LogP contribution in [0.4, 0.5) is 10.6 Å². The van der Waals surface area contributed by atoms with Crippen LogP contribution in [0.15, 0.2) is 53.4 Å². The topological polar surface area (TPSA) is 66.9 Å². The van der Waals surface area contributed by atoms with Gasteiger partial charge in [0, 0.05) is 10.9 Å². The van der Waals surface area contributed by atoms with Crippen molar-refractivity contribution < 1.29 is 4.79 Å². The normalized spacial score (nSPS) is 11.7. The maximum absolute atomic E-state index is 12.2. The molecule has 0 fully saturated rings. The summed E-state index contributed by atoms with van der Waals surface area (Å²) in [5.74, 6) is 2.90. The first-order valence-electron chi connectivity index (χ1n) is 8.56. The largest absolute Gasteiger partial charge is 0.331 e. The second kappa shape index (κ2) is 7.80. The average Bonchev–Trinajstić information content (AvgIpc) is 3.36. The number of hydrogen-bond acceptors (Lipinski definition) is 5. The van der Waals surface area contributed by atoms with Crippen LogP contribution in [-0.4, -0.2) is 16.0 Å². The Morgan fingerprint density at radius 1 is 1.18 bits per heavy atom. The summed E-state index contributed by atoms with van der Waals surface area (Å²) in [5.41, 5.74) is 6.17. The quantitative estimate of drug-likeness (QED) is 0.455. The van der Waals surface area contributed by atoms with Gasteiger partial charge in [-0.25, -0.2) is 14.8 Å². The van der Waals surface area contributed by atoms with Crippen molar-refractivity contribution in [2.75, 3.05) is 5.32 Å². The SMILES string of the molecule is C#Cc1nc(NC(=O)N[C@@H](C)c2ccc(-c3cccc4ncsc34)cc2)cs1. The molecular weight excluding hydrogens is 388 g/mol. The van der Waals surface area contributed by atoms with Gasteiger partial charge in [-0.1, -0.05) is 36.4 Å². The van der Waals surface area contributed by atoms with E-state index in [1.807, 2.05) is 36.7 Å². The number of rotatable bonds is 4. The molecule has 4 rings (SSSR count). The van der Waals surface area contributed by atoms with Crippen molar-refractivity contribution in [2.24, 2.45) is 0 Å². The van der Waals surface area contributed by atoms with Gasteiger partial charge in [0.2, 0.25) is 0 Å². The third-order valence-electron chi connectivity index (χ3n) is 4.30. The molecule has 0 unspecified atom stereocenters. The molecule has 2 aromatic carbocycles. The smallest absolute Gasteiger partial charge is 0.320 e. The van der Waals surface area contributed by atoms with Crippen LogP contribution in [0.25, 0.3) is 21.3 Å². The van der Waals surface area contributed by atoms with Gasteiger partial charge in [-0.05, 0) is 30.0 Å². The van der Waals surface area contributed by atoms with Crippen molar-refractivity contribution in [2.45, 2.75) is 13.0 Å². The van der Waals surface area contributed by atoms with Crippen LogP contribution in [0.3, 0.4) is 0 Å². The Labute approximate surface area is 170 Å². The zero-order valence-corrected chi connectivity index (χ0v) is 16.6. The summed E-state index contributed by atoms with van der Waals surface area (Å²) in [7, 11) is 0. The van der Waals surface area contributed by atoms with Gasteiger partial charge >= 0.3 is 6.03 Å². The molecule has 0 bridgehead atoms. The maximum atomic E-state index is 12.2. The summed E-state index contributed by atoms with van der Waals surface area (Å²) >= 11 is 2.95. The Bertz CT molecular complexity index is 1170. The van der Waals surface area contributed by atoms with Gasteiger partial charge in [0.05, 0.1) is 21.8 Å². The molecule has 0 aliphatic rings. The van der Waals surface area contributed by atoms with E-state index in [4.69, 9.17) is 6.42 Å². The molecule has 4 aromatic rings. The highest BCUT2D eigenvalue weighted by Gasteiger charge is 2.12. The molecule has 0 saturated carbocycles. The number of carbonyl (C=O) groups is 1. The van der Waals surface area contributed by atoms with E-state index in [-0.39, 0.29) is 12.1 Å². The second-order valence-electron chi connectivity index (χ2n) is 6.13. The molecule has 2 amide bonds. The lowest BCUT2D eigenvalue weighted by atomic mass is 10.0. The molecule has 28 heavy (non-hydrogen) atoms. The predicted octanol–water partition coefficient (Wildman–Crippen LogP) is 5.28. The lowest BCUT2D eigenvalue weighted by Gasteiger charge is -2.15. The Kier molecular flexibility index (Phi) is 5.06. The molecule has 5 nitrogen and oxygen atoms in total. The number of nitrogens with one attached hydrogen (secondary N) is 2. The molecule has 138 valence electrons. The first-order chi connectivity index (χ1) is 13.6. The van der Waals surface area contributed by atoms with Crippen LogP contribution >= 0.6 is 22.7 Å². The fourth-order valence-corrected chi connectivity index (χ4v) is 4.27. The molecule has 2 N–H and O–H groups in total. The number of thiazole rings is 2. The molecule has 0 saturated heterocycles. The van der Waals surface area contributed by atoms with E-state index in [1.165, 1.54) is 16.0 Å². The Balaban J connectivity index is 1.45. The number of benzene rings is 2. The predicted molar refractivity (Wildman–Crippen MR) is 116 cm³/mol. The standard InChI is InChI=1S/C21H16N4OS2/c1-3-19-24-18(11-27-19)25-21(26)23-13(2)14-7-9-15(10-8-14)16-5-4-6-17-20(16)28-12-22-17/h1,4-13H,2H3,(H2,23,25,26)/t13-/m0/s1. The number of aromatic nitrogens is 2. The van der Waals surface area contributed by atoms with E-state index >= 15 is 0 Å². The van der Waals surface area contributed by atoms with E-state index in [2.05, 4.69) is 44.7 Å². The van der Waals surface area contributed by atoms with Gasteiger partial charge < -0.3 is 5.32 Å². The Hall–Kier alpha value is -3.21. The van der Waals surface area contributed by atoms with Crippen LogP contribution in [0.2, 0.25) is 0 Å². The van der Waals surface area contributed by atoms with Crippen molar-refractivity contribution in [3.63, 3.8) is 0 Å². The Morgan fingerprint density at radius 2 is 2.00 bits per heavy atom. The number of terminal acetylenes is 1. The van der Waals surface area contributed by atoms with Gasteiger partial charge in [0.1, 0.15) is 5.82 Å². The summed E-state index contributed by atoms with van der Waals surface area (Å²) in [4.78, 5) is 20.7. The van der Waals surface area contributed by atoms with Crippen molar-refractivity contribution >= 4 is 44.7 Å². The second-order valence-corrected chi connectivity index (χ2v) is 7.84. The highest BCUT2D eigenvalue weighted by molar-refractivity contribution is 7.17. The van der Waals surface area contributed by atoms with Crippen molar-refractivity contribution in [3.05, 3.63) is 63.9 Å². The van der Waals surface area contributed by atoms with Crippen LogP contribution in [0, 0.1) is 12.3 Å². The van der Waals surface area contributed by atoms with E-state index < -0.39 is 0 Å². The number of amides is 2. The van der Waals surface area contributed by atoms with Gasteiger partial charge in [0.15, 0.2) is 5.01 Å². The van der Waals surface area contributed by atoms with Crippen LogP contribution in [0.1, 0.15) is 23.5 Å². The summed E-state index contributed by atoms with van der Waals surface area (Å²) in [5, 5.41) is 7.86. The minimum Gasteiger partial charge on any atom is -0.331 e. The zero-order valence-electron chi connectivity index (χ0n) is 15.0. The van der Waals surface area contributed by atoms with Crippen LogP contribution in [0.5, 0.6) is 0 Å². The summed E-state index contributed by atoms with van der Waals surface area (Å²) < 4.78 is 1.18. The maximum Gasteiger partial charge on any atom is 0.320 e. The van der Waals surface area contributed by atoms with E-state index in [0.717, 1.165) is 22.2 Å². The fraction of sp³-hybridized carbons (Fsp3) is 0.0952. The monoisotopic (exact) mass is 404 g/mol. The van der Waals surface area contributed by atoms with Crippen molar-refractivity contribution in [1.29, 1.82) is 0 Å². The average molecular weight is 405 g/mol. The minimum atomic E-state index is -0.320. The molecule has 2 heterocycles. The molecule has 0 aliphatic carbocycles. The summed E-state index contributed by atoms with van der Waals surface area (Å²) in [6, 6.07) is 13.9. The first kappa shape index (κ1) is 18.2. The molecule has 7 heteroatoms. The van der Waals surface area contributed by atoms with Crippen LogP contribution in [-0.2, 0) is 0 Å². The number of urea groups is 1. The highest BCUT2D eigenvalue weighted by atomic mass is 32.1. The number of fused-ring (bicyclic) bond motifs is 1. The lowest BCUT2D eigenvalue weighted by Crippen LogP contribution is -2.31. The molecular formula is C21H16N4OS2. The summed E-state index contributed by atoms with van der Waals surface area (Å²) in [6.45, 7) is 1.94.